The predicted octanol–water partition coefficient (Wildman–Crippen LogP) is 1.41. The molecule has 2 atom stereocenters. The van der Waals surface area contributed by atoms with Gasteiger partial charge >= 0.3 is 0 Å². The first-order valence-electron chi connectivity index (χ1n) is 8.29. The lowest BCUT2D eigenvalue weighted by Gasteiger charge is -2.25. The lowest BCUT2D eigenvalue weighted by atomic mass is 10.1. The summed E-state index contributed by atoms with van der Waals surface area (Å²) in [5, 5.41) is 0. The molecule has 2 amide bonds. The molecule has 25 heavy (non-hydrogen) atoms. The van der Waals surface area contributed by atoms with Crippen LogP contribution in [0.15, 0.2) is 41.3 Å². The third-order valence-electron chi connectivity index (χ3n) is 4.91. The third-order valence-corrected chi connectivity index (χ3v) is 4.91. The van der Waals surface area contributed by atoms with Crippen LogP contribution in [-0.4, -0.2) is 65.5 Å². The standard InChI is InChI=1S/C18H19N3O4/c1-20-14-9-21(10-16(14)24-7-6-17(20)22)18(23)13-4-2-12(3-5-13)15-8-19-11-25-15/h2-5,8,11,14,16H,6-7,9-10H2,1H3/t14-,16-/m0/s1. The van der Waals surface area contributed by atoms with E-state index in [0.717, 1.165) is 5.56 Å². The van der Waals surface area contributed by atoms with Crippen LogP contribution in [0.4, 0.5) is 0 Å². The van der Waals surface area contributed by atoms with E-state index in [4.69, 9.17) is 9.15 Å². The topological polar surface area (TPSA) is 75.9 Å². The van der Waals surface area contributed by atoms with Gasteiger partial charge in [0.2, 0.25) is 5.91 Å². The first-order valence-corrected chi connectivity index (χ1v) is 8.29. The maximum absolute atomic E-state index is 12.8. The summed E-state index contributed by atoms with van der Waals surface area (Å²) < 4.78 is 11.0. The second kappa shape index (κ2) is 6.33. The van der Waals surface area contributed by atoms with Gasteiger partial charge in [-0.2, -0.15) is 0 Å². The lowest BCUT2D eigenvalue weighted by molar-refractivity contribution is -0.131. The van der Waals surface area contributed by atoms with Gasteiger partial charge in [-0.1, -0.05) is 12.1 Å². The summed E-state index contributed by atoms with van der Waals surface area (Å²) in [4.78, 5) is 32.1. The number of nitrogens with zero attached hydrogens (tertiary/aromatic N) is 3. The Bertz CT molecular complexity index is 772. The normalized spacial score (nSPS) is 23.5. The van der Waals surface area contributed by atoms with Crippen molar-refractivity contribution >= 4 is 11.8 Å². The zero-order valence-electron chi connectivity index (χ0n) is 13.9. The van der Waals surface area contributed by atoms with E-state index in [-0.39, 0.29) is 24.0 Å². The Kier molecular flexibility index (Phi) is 4.01. The summed E-state index contributed by atoms with van der Waals surface area (Å²) in [5.74, 6) is 0.677. The van der Waals surface area contributed by atoms with Crippen molar-refractivity contribution in [3.8, 4) is 11.3 Å². The number of oxazole rings is 1. The van der Waals surface area contributed by atoms with Crippen LogP contribution in [0.25, 0.3) is 11.3 Å². The smallest absolute Gasteiger partial charge is 0.254 e. The van der Waals surface area contributed by atoms with Crippen molar-refractivity contribution in [2.45, 2.75) is 18.6 Å². The lowest BCUT2D eigenvalue weighted by Crippen LogP contribution is -2.43. The molecule has 0 N–H and O–H groups in total. The molecule has 0 radical (unpaired) electrons. The van der Waals surface area contributed by atoms with Gasteiger partial charge in [0, 0.05) is 31.3 Å². The van der Waals surface area contributed by atoms with Gasteiger partial charge in [0.1, 0.15) is 0 Å². The molecular weight excluding hydrogens is 322 g/mol. The van der Waals surface area contributed by atoms with Gasteiger partial charge in [-0.05, 0) is 12.1 Å². The van der Waals surface area contributed by atoms with Crippen molar-refractivity contribution in [1.29, 1.82) is 0 Å². The Balaban J connectivity index is 1.49. The largest absolute Gasteiger partial charge is 0.444 e. The number of likely N-dealkylation sites (tertiary alicyclic amines) is 1. The van der Waals surface area contributed by atoms with Crippen molar-refractivity contribution < 1.29 is 18.7 Å². The number of fused-ring (bicyclic) bond motifs is 1. The van der Waals surface area contributed by atoms with Crippen LogP contribution >= 0.6 is 0 Å². The highest BCUT2D eigenvalue weighted by molar-refractivity contribution is 5.95. The molecule has 2 saturated heterocycles. The van der Waals surface area contributed by atoms with E-state index in [2.05, 4.69) is 4.98 Å². The van der Waals surface area contributed by atoms with Gasteiger partial charge in [0.15, 0.2) is 12.2 Å². The number of rotatable bonds is 2. The van der Waals surface area contributed by atoms with Crippen LogP contribution in [-0.2, 0) is 9.53 Å². The number of ether oxygens (including phenoxy) is 1. The average molecular weight is 341 g/mol. The molecule has 2 aliphatic heterocycles. The van der Waals surface area contributed by atoms with Gasteiger partial charge < -0.3 is 19.0 Å². The summed E-state index contributed by atoms with van der Waals surface area (Å²) in [6, 6.07) is 7.17. The monoisotopic (exact) mass is 341 g/mol. The molecule has 130 valence electrons. The van der Waals surface area contributed by atoms with E-state index in [1.165, 1.54) is 6.39 Å². The number of carbonyl (C=O) groups is 2. The fraction of sp³-hybridized carbons (Fsp3) is 0.389. The molecule has 2 fully saturated rings. The van der Waals surface area contributed by atoms with Gasteiger partial charge in [-0.25, -0.2) is 4.98 Å². The second-order valence-electron chi connectivity index (χ2n) is 6.38. The first kappa shape index (κ1) is 15.8. The molecule has 7 heteroatoms. The number of carbonyl (C=O) groups excluding carboxylic acids is 2. The number of hydrogen-bond donors (Lipinski definition) is 0. The van der Waals surface area contributed by atoms with Crippen LogP contribution < -0.4 is 0 Å². The van der Waals surface area contributed by atoms with E-state index in [9.17, 15) is 9.59 Å². The fourth-order valence-electron chi connectivity index (χ4n) is 3.44. The molecule has 2 aromatic rings. The molecule has 0 spiro atoms. The van der Waals surface area contributed by atoms with Gasteiger partial charge in [0.05, 0.1) is 31.4 Å². The second-order valence-corrected chi connectivity index (χ2v) is 6.38. The Morgan fingerprint density at radius 1 is 1.24 bits per heavy atom. The summed E-state index contributed by atoms with van der Waals surface area (Å²) in [5.41, 5.74) is 1.47. The average Bonchev–Trinajstić information content (AvgIpc) is 3.28. The van der Waals surface area contributed by atoms with E-state index in [0.29, 0.717) is 37.4 Å². The zero-order chi connectivity index (χ0) is 17.4. The zero-order valence-corrected chi connectivity index (χ0v) is 13.9. The van der Waals surface area contributed by atoms with E-state index in [1.54, 1.807) is 35.2 Å². The maximum atomic E-state index is 12.8. The molecular formula is C18H19N3O4. The summed E-state index contributed by atoms with van der Waals surface area (Å²) in [6.07, 6.45) is 3.30. The molecule has 0 bridgehead atoms. The van der Waals surface area contributed by atoms with Crippen LogP contribution in [0.3, 0.4) is 0 Å². The number of aromatic nitrogens is 1. The molecule has 1 aromatic heterocycles. The Hall–Kier alpha value is -2.67. The van der Waals surface area contributed by atoms with Crippen molar-refractivity contribution in [2.75, 3.05) is 26.7 Å². The van der Waals surface area contributed by atoms with Crippen molar-refractivity contribution in [3.63, 3.8) is 0 Å². The van der Waals surface area contributed by atoms with Gasteiger partial charge in [0.25, 0.3) is 5.91 Å². The SMILES string of the molecule is CN1C(=O)CCO[C@H]2CN(C(=O)c3ccc(-c4cnco4)cc3)C[C@@H]21. The molecule has 3 heterocycles. The minimum absolute atomic E-state index is 0.0540. The highest BCUT2D eigenvalue weighted by Gasteiger charge is 2.41. The minimum Gasteiger partial charge on any atom is -0.444 e. The fourth-order valence-corrected chi connectivity index (χ4v) is 3.44. The Morgan fingerprint density at radius 2 is 2.04 bits per heavy atom. The summed E-state index contributed by atoms with van der Waals surface area (Å²) in [7, 11) is 1.79. The summed E-state index contributed by atoms with van der Waals surface area (Å²) in [6.45, 7) is 1.42. The number of benzene rings is 1. The molecule has 2 aliphatic rings. The van der Waals surface area contributed by atoms with Gasteiger partial charge in [-0.3, -0.25) is 9.59 Å². The van der Waals surface area contributed by atoms with Crippen LogP contribution in [0.5, 0.6) is 0 Å². The Morgan fingerprint density at radius 3 is 2.76 bits per heavy atom. The predicted molar refractivity (Wildman–Crippen MR) is 88.8 cm³/mol. The van der Waals surface area contributed by atoms with Crippen LogP contribution in [0.1, 0.15) is 16.8 Å². The molecule has 0 unspecified atom stereocenters. The maximum Gasteiger partial charge on any atom is 0.254 e. The van der Waals surface area contributed by atoms with E-state index < -0.39 is 0 Å². The van der Waals surface area contributed by atoms with Gasteiger partial charge in [-0.15, -0.1) is 0 Å². The first-order chi connectivity index (χ1) is 12.1. The highest BCUT2D eigenvalue weighted by atomic mass is 16.5. The minimum atomic E-state index is -0.117. The van der Waals surface area contributed by atoms with Crippen molar-refractivity contribution in [3.05, 3.63) is 42.4 Å². The van der Waals surface area contributed by atoms with E-state index >= 15 is 0 Å². The number of likely N-dealkylation sites (N-methyl/N-ethyl adjacent to an activating group) is 1. The number of hydrogen-bond acceptors (Lipinski definition) is 5. The molecule has 0 saturated carbocycles. The Labute approximate surface area is 145 Å². The molecule has 0 aliphatic carbocycles. The molecule has 4 rings (SSSR count). The van der Waals surface area contributed by atoms with E-state index in [1.807, 2.05) is 12.1 Å². The van der Waals surface area contributed by atoms with Crippen molar-refractivity contribution in [1.82, 2.24) is 14.8 Å². The highest BCUT2D eigenvalue weighted by Crippen LogP contribution is 2.25. The third kappa shape index (κ3) is 2.91. The molecule has 7 nitrogen and oxygen atoms in total. The summed E-state index contributed by atoms with van der Waals surface area (Å²) >= 11 is 0. The van der Waals surface area contributed by atoms with Crippen LogP contribution in [0, 0.1) is 0 Å². The molecule has 1 aromatic carbocycles. The van der Waals surface area contributed by atoms with Crippen molar-refractivity contribution in [2.24, 2.45) is 0 Å². The number of amides is 2. The van der Waals surface area contributed by atoms with Crippen LogP contribution in [0.2, 0.25) is 0 Å². The quantitative estimate of drug-likeness (QED) is 0.826.